The second-order valence-electron chi connectivity index (χ2n) is 1.93. The lowest BCUT2D eigenvalue weighted by molar-refractivity contribution is 1.30. The van der Waals surface area contributed by atoms with Crippen LogP contribution in [0.3, 0.4) is 0 Å². The monoisotopic (exact) mass is 193 g/mol. The van der Waals surface area contributed by atoms with E-state index in [1.807, 2.05) is 18.2 Å². The summed E-state index contributed by atoms with van der Waals surface area (Å²) in [7, 11) is 0. The summed E-state index contributed by atoms with van der Waals surface area (Å²) in [5.74, 6) is 0. The SMILES string of the molecule is C=CC=C.C=Cc1ccccn1.S. The first kappa shape index (κ1) is 14.3. The summed E-state index contributed by atoms with van der Waals surface area (Å²) in [6.07, 6.45) is 6.75. The lowest BCUT2D eigenvalue weighted by Gasteiger charge is -1.84. The Morgan fingerprint density at radius 2 is 1.69 bits per heavy atom. The van der Waals surface area contributed by atoms with Crippen molar-refractivity contribution in [2.75, 3.05) is 0 Å². The highest BCUT2D eigenvalue weighted by molar-refractivity contribution is 7.59. The van der Waals surface area contributed by atoms with E-state index < -0.39 is 0 Å². The van der Waals surface area contributed by atoms with Crippen molar-refractivity contribution in [1.82, 2.24) is 4.98 Å². The number of nitrogens with zero attached hydrogens (tertiary/aromatic N) is 1. The molecule has 1 aromatic rings. The molecular formula is C11H15NS. The molecule has 2 heteroatoms. The molecule has 0 amide bonds. The molecule has 0 saturated carbocycles. The lowest BCUT2D eigenvalue weighted by Crippen LogP contribution is -1.73. The van der Waals surface area contributed by atoms with Gasteiger partial charge in [-0.2, -0.15) is 13.5 Å². The van der Waals surface area contributed by atoms with Crippen LogP contribution in [0.15, 0.2) is 56.3 Å². The molecule has 0 aliphatic rings. The highest BCUT2D eigenvalue weighted by atomic mass is 32.1. The van der Waals surface area contributed by atoms with E-state index in [-0.39, 0.29) is 13.5 Å². The van der Waals surface area contributed by atoms with E-state index >= 15 is 0 Å². The summed E-state index contributed by atoms with van der Waals surface area (Å²) in [6.45, 7) is 10.3. The number of pyridine rings is 1. The Bertz CT molecular complexity index is 236. The molecule has 0 radical (unpaired) electrons. The lowest BCUT2D eigenvalue weighted by atomic mass is 10.4. The maximum absolute atomic E-state index is 3.98. The van der Waals surface area contributed by atoms with Gasteiger partial charge in [0.15, 0.2) is 0 Å². The van der Waals surface area contributed by atoms with Crippen LogP contribution in [0.25, 0.3) is 6.08 Å². The highest BCUT2D eigenvalue weighted by Gasteiger charge is 1.77. The molecule has 0 unspecified atom stereocenters. The van der Waals surface area contributed by atoms with Crippen molar-refractivity contribution in [1.29, 1.82) is 0 Å². The van der Waals surface area contributed by atoms with E-state index in [2.05, 4.69) is 24.7 Å². The van der Waals surface area contributed by atoms with Crippen LogP contribution >= 0.6 is 13.5 Å². The Labute approximate surface area is 87.0 Å². The summed E-state index contributed by atoms with van der Waals surface area (Å²) in [5.41, 5.74) is 0.924. The third kappa shape index (κ3) is 8.63. The van der Waals surface area contributed by atoms with Gasteiger partial charge in [0.05, 0.1) is 5.69 Å². The molecule has 1 aromatic heterocycles. The molecule has 0 N–H and O–H groups in total. The molecule has 1 nitrogen and oxygen atoms in total. The number of rotatable bonds is 2. The molecule has 0 aliphatic heterocycles. The standard InChI is InChI=1S/C7H7N.C4H6.H2S/c1-2-7-5-3-4-6-8-7;1-3-4-2;/h2-6H,1H2;3-4H,1-2H2;1H2. The molecule has 0 aliphatic carbocycles. The first-order valence-corrected chi connectivity index (χ1v) is 3.62. The minimum atomic E-state index is 0. The summed E-state index contributed by atoms with van der Waals surface area (Å²) < 4.78 is 0. The van der Waals surface area contributed by atoms with Crippen LogP contribution in [-0.4, -0.2) is 4.98 Å². The van der Waals surface area contributed by atoms with Crippen LogP contribution in [0.2, 0.25) is 0 Å². The Balaban J connectivity index is 0. The van der Waals surface area contributed by atoms with E-state index in [9.17, 15) is 0 Å². The van der Waals surface area contributed by atoms with Crippen molar-refractivity contribution in [2.45, 2.75) is 0 Å². The predicted molar refractivity (Wildman–Crippen MR) is 65.1 cm³/mol. The van der Waals surface area contributed by atoms with E-state index in [0.29, 0.717) is 0 Å². The summed E-state index contributed by atoms with van der Waals surface area (Å²) in [5, 5.41) is 0. The highest BCUT2D eigenvalue weighted by Crippen LogP contribution is 1.91. The fourth-order valence-corrected chi connectivity index (χ4v) is 0.497. The van der Waals surface area contributed by atoms with Crippen molar-refractivity contribution in [3.63, 3.8) is 0 Å². The van der Waals surface area contributed by atoms with Gasteiger partial charge in [-0.1, -0.05) is 38.0 Å². The second-order valence-corrected chi connectivity index (χ2v) is 1.93. The quantitative estimate of drug-likeness (QED) is 0.657. The van der Waals surface area contributed by atoms with Gasteiger partial charge in [0, 0.05) is 6.20 Å². The number of hydrogen-bond donors (Lipinski definition) is 0. The Morgan fingerprint density at radius 1 is 1.08 bits per heavy atom. The second kappa shape index (κ2) is 10.7. The Morgan fingerprint density at radius 3 is 1.92 bits per heavy atom. The molecule has 1 heterocycles. The van der Waals surface area contributed by atoms with Crippen LogP contribution in [-0.2, 0) is 0 Å². The van der Waals surface area contributed by atoms with Crippen molar-refractivity contribution >= 4 is 19.6 Å². The van der Waals surface area contributed by atoms with Gasteiger partial charge < -0.3 is 0 Å². The van der Waals surface area contributed by atoms with Gasteiger partial charge in [-0.05, 0) is 18.2 Å². The zero-order chi connectivity index (χ0) is 9.23. The van der Waals surface area contributed by atoms with Crippen LogP contribution in [0.5, 0.6) is 0 Å². The number of hydrogen-bond acceptors (Lipinski definition) is 1. The molecule has 70 valence electrons. The molecule has 0 atom stereocenters. The maximum Gasteiger partial charge on any atom is 0.0623 e. The van der Waals surface area contributed by atoms with Crippen LogP contribution in [0.4, 0.5) is 0 Å². The van der Waals surface area contributed by atoms with Crippen molar-refractivity contribution in [2.24, 2.45) is 0 Å². The average Bonchev–Trinajstić information content (AvgIpc) is 2.19. The normalized spacial score (nSPS) is 6.77. The topological polar surface area (TPSA) is 12.9 Å². The zero-order valence-corrected chi connectivity index (χ0v) is 8.61. The number of allylic oxidation sites excluding steroid dienone is 2. The molecule has 0 saturated heterocycles. The molecule has 0 spiro atoms. The van der Waals surface area contributed by atoms with Crippen LogP contribution < -0.4 is 0 Å². The van der Waals surface area contributed by atoms with Crippen LogP contribution in [0.1, 0.15) is 5.69 Å². The molecule has 0 fully saturated rings. The zero-order valence-electron chi connectivity index (χ0n) is 7.61. The molecule has 1 rings (SSSR count). The third-order valence-electron chi connectivity index (χ3n) is 1.06. The van der Waals surface area contributed by atoms with Gasteiger partial charge in [0.2, 0.25) is 0 Å². The third-order valence-corrected chi connectivity index (χ3v) is 1.06. The Hall–Kier alpha value is -1.28. The van der Waals surface area contributed by atoms with E-state index in [0.717, 1.165) is 5.69 Å². The van der Waals surface area contributed by atoms with Crippen molar-refractivity contribution < 1.29 is 0 Å². The fraction of sp³-hybridized carbons (Fsp3) is 0. The van der Waals surface area contributed by atoms with E-state index in [4.69, 9.17) is 0 Å². The molecule has 0 bridgehead atoms. The predicted octanol–water partition coefficient (Wildman–Crippen LogP) is 3.20. The largest absolute Gasteiger partial charge is 0.257 e. The van der Waals surface area contributed by atoms with Gasteiger partial charge in [-0.3, -0.25) is 4.98 Å². The van der Waals surface area contributed by atoms with Gasteiger partial charge >= 0.3 is 0 Å². The van der Waals surface area contributed by atoms with Gasteiger partial charge in [-0.15, -0.1) is 0 Å². The van der Waals surface area contributed by atoms with Crippen LogP contribution in [0, 0.1) is 0 Å². The van der Waals surface area contributed by atoms with Gasteiger partial charge in [0.25, 0.3) is 0 Å². The van der Waals surface area contributed by atoms with E-state index in [1.54, 1.807) is 24.4 Å². The average molecular weight is 193 g/mol. The summed E-state index contributed by atoms with van der Waals surface area (Å²) >= 11 is 0. The molecule has 13 heavy (non-hydrogen) atoms. The first-order valence-electron chi connectivity index (χ1n) is 3.62. The van der Waals surface area contributed by atoms with Gasteiger partial charge in [-0.25, -0.2) is 0 Å². The molecular weight excluding hydrogens is 178 g/mol. The Kier molecular flexibility index (Phi) is 11.8. The minimum Gasteiger partial charge on any atom is -0.257 e. The summed E-state index contributed by atoms with van der Waals surface area (Å²) in [4.78, 5) is 3.98. The summed E-state index contributed by atoms with van der Waals surface area (Å²) in [6, 6.07) is 5.73. The van der Waals surface area contributed by atoms with Crippen molar-refractivity contribution in [3.8, 4) is 0 Å². The van der Waals surface area contributed by atoms with Crippen molar-refractivity contribution in [3.05, 3.63) is 62.0 Å². The minimum absolute atomic E-state index is 0. The number of aromatic nitrogens is 1. The smallest absolute Gasteiger partial charge is 0.0623 e. The first-order chi connectivity index (χ1) is 5.85. The van der Waals surface area contributed by atoms with E-state index in [1.165, 1.54) is 0 Å². The maximum atomic E-state index is 3.98. The van der Waals surface area contributed by atoms with Gasteiger partial charge in [0.1, 0.15) is 0 Å². The molecule has 0 aromatic carbocycles. The fourth-order valence-electron chi connectivity index (χ4n) is 0.497.